The molecule has 2 aromatic rings. The Hall–Kier alpha value is -2.15. The number of rotatable bonds is 3. The summed E-state index contributed by atoms with van der Waals surface area (Å²) in [4.78, 5) is 23.5. The van der Waals surface area contributed by atoms with E-state index in [1.807, 2.05) is 30.7 Å². The van der Waals surface area contributed by atoms with Crippen molar-refractivity contribution in [3.63, 3.8) is 0 Å². The number of aryl methyl sites for hydroxylation is 1. The van der Waals surface area contributed by atoms with Gasteiger partial charge in [-0.15, -0.1) is 0 Å². The van der Waals surface area contributed by atoms with Crippen molar-refractivity contribution < 1.29 is 9.59 Å². The Morgan fingerprint density at radius 3 is 2.58 bits per heavy atom. The first-order chi connectivity index (χ1) is 11.5. The number of hydrogen-bond donors (Lipinski definition) is 2. The molecule has 1 aromatic carbocycles. The molecule has 1 saturated heterocycles. The van der Waals surface area contributed by atoms with Crippen LogP contribution in [0.15, 0.2) is 28.7 Å². The molecule has 1 aromatic heterocycles. The molecule has 126 valence electrons. The molecule has 6 nitrogen and oxygen atoms in total. The summed E-state index contributed by atoms with van der Waals surface area (Å²) in [5.41, 5.74) is 3.44. The zero-order valence-corrected chi connectivity index (χ0v) is 15.2. The molecule has 24 heavy (non-hydrogen) atoms. The molecule has 1 fully saturated rings. The minimum atomic E-state index is -0.128. The number of piperidine rings is 1. The van der Waals surface area contributed by atoms with Crippen LogP contribution in [-0.4, -0.2) is 34.2 Å². The maximum atomic E-state index is 12.3. The predicted molar refractivity (Wildman–Crippen MR) is 94.2 cm³/mol. The van der Waals surface area contributed by atoms with Crippen molar-refractivity contribution in [2.45, 2.75) is 32.7 Å². The zero-order valence-electron chi connectivity index (χ0n) is 13.6. The van der Waals surface area contributed by atoms with Crippen molar-refractivity contribution in [3.8, 4) is 5.69 Å². The van der Waals surface area contributed by atoms with Crippen LogP contribution in [0.4, 0.5) is 0 Å². The van der Waals surface area contributed by atoms with E-state index in [0.29, 0.717) is 24.9 Å². The standard InChI is InChI=1S/C17H19BrN4O2/c1-10-16(18)11(2)22(21-10)14-6-3-12(4-7-14)17(24)20-13-5-8-15(23)19-9-13/h3-4,6-7,13H,5,8-9H2,1-2H3,(H,19,23)(H,20,24). The van der Waals surface area contributed by atoms with Crippen LogP contribution in [0, 0.1) is 13.8 Å². The van der Waals surface area contributed by atoms with Crippen LogP contribution >= 0.6 is 15.9 Å². The lowest BCUT2D eigenvalue weighted by Gasteiger charge is -2.23. The van der Waals surface area contributed by atoms with Gasteiger partial charge in [0.15, 0.2) is 0 Å². The molecule has 0 saturated carbocycles. The van der Waals surface area contributed by atoms with Crippen molar-refractivity contribution in [2.24, 2.45) is 0 Å². The van der Waals surface area contributed by atoms with Gasteiger partial charge in [0.25, 0.3) is 5.91 Å². The highest BCUT2D eigenvalue weighted by molar-refractivity contribution is 9.10. The maximum Gasteiger partial charge on any atom is 0.251 e. The second-order valence-electron chi connectivity index (χ2n) is 5.96. The third kappa shape index (κ3) is 3.36. The van der Waals surface area contributed by atoms with Gasteiger partial charge in [0.2, 0.25) is 5.91 Å². The van der Waals surface area contributed by atoms with Crippen LogP contribution in [0.5, 0.6) is 0 Å². The average Bonchev–Trinajstić information content (AvgIpc) is 2.84. The van der Waals surface area contributed by atoms with E-state index in [2.05, 4.69) is 31.7 Å². The zero-order chi connectivity index (χ0) is 17.3. The van der Waals surface area contributed by atoms with Crippen LogP contribution < -0.4 is 10.6 Å². The molecule has 7 heteroatoms. The van der Waals surface area contributed by atoms with Gasteiger partial charge < -0.3 is 10.6 Å². The van der Waals surface area contributed by atoms with E-state index in [1.165, 1.54) is 0 Å². The molecule has 1 atom stereocenters. The van der Waals surface area contributed by atoms with Crippen LogP contribution in [0.3, 0.4) is 0 Å². The quantitative estimate of drug-likeness (QED) is 0.843. The SMILES string of the molecule is Cc1nn(-c2ccc(C(=O)NC3CCC(=O)NC3)cc2)c(C)c1Br. The first kappa shape index (κ1) is 16.7. The fourth-order valence-electron chi connectivity index (χ4n) is 2.75. The molecule has 0 bridgehead atoms. The number of hydrogen-bond acceptors (Lipinski definition) is 3. The fourth-order valence-corrected chi connectivity index (χ4v) is 3.00. The molecule has 2 N–H and O–H groups in total. The second-order valence-corrected chi connectivity index (χ2v) is 6.75. The summed E-state index contributed by atoms with van der Waals surface area (Å²) in [6, 6.07) is 7.32. The highest BCUT2D eigenvalue weighted by Gasteiger charge is 2.20. The minimum Gasteiger partial charge on any atom is -0.354 e. The number of benzene rings is 1. The summed E-state index contributed by atoms with van der Waals surface area (Å²) in [5, 5.41) is 10.2. The van der Waals surface area contributed by atoms with Crippen LogP contribution in [0.25, 0.3) is 5.69 Å². The largest absolute Gasteiger partial charge is 0.354 e. The Morgan fingerprint density at radius 1 is 1.33 bits per heavy atom. The summed E-state index contributed by atoms with van der Waals surface area (Å²) in [5.74, 6) is -0.0851. The highest BCUT2D eigenvalue weighted by Crippen LogP contribution is 2.23. The topological polar surface area (TPSA) is 76.0 Å². The van der Waals surface area contributed by atoms with Crippen LogP contribution in [0.2, 0.25) is 0 Å². The normalized spacial score (nSPS) is 17.5. The van der Waals surface area contributed by atoms with E-state index in [1.54, 1.807) is 12.1 Å². The van der Waals surface area contributed by atoms with E-state index in [9.17, 15) is 9.59 Å². The molecule has 1 unspecified atom stereocenters. The Kier molecular flexibility index (Phi) is 4.71. The summed E-state index contributed by atoms with van der Waals surface area (Å²) in [6.07, 6.45) is 1.13. The predicted octanol–water partition coefficient (Wildman–Crippen LogP) is 2.26. The molecule has 2 heterocycles. The number of nitrogens with one attached hydrogen (secondary N) is 2. The Labute approximate surface area is 148 Å². The highest BCUT2D eigenvalue weighted by atomic mass is 79.9. The van der Waals surface area contributed by atoms with E-state index in [-0.39, 0.29) is 17.9 Å². The Morgan fingerprint density at radius 2 is 2.04 bits per heavy atom. The molecule has 3 rings (SSSR count). The number of aromatic nitrogens is 2. The minimum absolute atomic E-state index is 0.0122. The fraction of sp³-hybridized carbons (Fsp3) is 0.353. The van der Waals surface area contributed by atoms with Gasteiger partial charge in [-0.2, -0.15) is 5.10 Å². The monoisotopic (exact) mass is 390 g/mol. The molecule has 0 spiro atoms. The van der Waals surface area contributed by atoms with E-state index in [0.717, 1.165) is 21.5 Å². The average molecular weight is 391 g/mol. The second kappa shape index (κ2) is 6.76. The molecule has 1 aliphatic heterocycles. The number of halogens is 1. The van der Waals surface area contributed by atoms with Crippen LogP contribution in [0.1, 0.15) is 34.6 Å². The van der Waals surface area contributed by atoms with Gasteiger partial charge in [0.1, 0.15) is 0 Å². The van der Waals surface area contributed by atoms with Crippen molar-refractivity contribution in [2.75, 3.05) is 6.54 Å². The van der Waals surface area contributed by atoms with Crippen LogP contribution in [-0.2, 0) is 4.79 Å². The molecule has 1 aliphatic rings. The molecular weight excluding hydrogens is 372 g/mol. The van der Waals surface area contributed by atoms with Gasteiger partial charge in [-0.25, -0.2) is 4.68 Å². The summed E-state index contributed by atoms with van der Waals surface area (Å²) in [6.45, 7) is 4.42. The van der Waals surface area contributed by atoms with Gasteiger partial charge in [0.05, 0.1) is 21.5 Å². The molecule has 0 radical (unpaired) electrons. The first-order valence-electron chi connectivity index (χ1n) is 7.85. The van der Waals surface area contributed by atoms with Gasteiger partial charge in [0, 0.05) is 24.6 Å². The smallest absolute Gasteiger partial charge is 0.251 e. The molecule has 2 amide bonds. The van der Waals surface area contributed by atoms with Gasteiger partial charge >= 0.3 is 0 Å². The third-order valence-electron chi connectivity index (χ3n) is 4.18. The lowest BCUT2D eigenvalue weighted by atomic mass is 10.1. The number of amides is 2. The Balaban J connectivity index is 1.71. The summed E-state index contributed by atoms with van der Waals surface area (Å²) < 4.78 is 2.83. The number of carbonyl (C=O) groups is 2. The van der Waals surface area contributed by atoms with E-state index >= 15 is 0 Å². The van der Waals surface area contributed by atoms with Gasteiger partial charge in [-0.3, -0.25) is 9.59 Å². The number of nitrogens with zero attached hydrogens (tertiary/aromatic N) is 2. The summed E-state index contributed by atoms with van der Waals surface area (Å²) in [7, 11) is 0. The molecular formula is C17H19BrN4O2. The van der Waals surface area contributed by atoms with Gasteiger partial charge in [-0.05, 0) is 60.5 Å². The molecule has 0 aliphatic carbocycles. The first-order valence-corrected chi connectivity index (χ1v) is 8.64. The van der Waals surface area contributed by atoms with Crippen molar-refractivity contribution in [3.05, 3.63) is 45.7 Å². The lowest BCUT2D eigenvalue weighted by molar-refractivity contribution is -0.122. The third-order valence-corrected chi connectivity index (χ3v) is 5.33. The van der Waals surface area contributed by atoms with E-state index < -0.39 is 0 Å². The van der Waals surface area contributed by atoms with Gasteiger partial charge in [-0.1, -0.05) is 0 Å². The number of carbonyl (C=O) groups excluding carboxylic acids is 2. The van der Waals surface area contributed by atoms with E-state index in [4.69, 9.17) is 0 Å². The van der Waals surface area contributed by atoms with Crippen molar-refractivity contribution >= 4 is 27.7 Å². The van der Waals surface area contributed by atoms with Crippen molar-refractivity contribution in [1.82, 2.24) is 20.4 Å². The lowest BCUT2D eigenvalue weighted by Crippen LogP contribution is -2.47. The van der Waals surface area contributed by atoms with Crippen molar-refractivity contribution in [1.29, 1.82) is 0 Å². The maximum absolute atomic E-state index is 12.3. The Bertz CT molecular complexity index is 773. The summed E-state index contributed by atoms with van der Waals surface area (Å²) >= 11 is 3.52.